The molecule has 2 aromatic rings. The molecule has 0 spiro atoms. The van der Waals surface area contributed by atoms with E-state index in [-0.39, 0.29) is 0 Å². The lowest BCUT2D eigenvalue weighted by atomic mass is 9.51. The summed E-state index contributed by atoms with van der Waals surface area (Å²) in [5.41, 5.74) is 5.69. The molecule has 2 nitrogen and oxygen atoms in total. The maximum atomic E-state index is 4.39. The van der Waals surface area contributed by atoms with Crippen molar-refractivity contribution in [3.63, 3.8) is 0 Å². The number of fused-ring (bicyclic) bond motifs is 2. The molecule has 2 atom stereocenters. The molecule has 1 aliphatic rings. The molecule has 3 heteroatoms. The van der Waals surface area contributed by atoms with Crippen LogP contribution in [0.3, 0.4) is 0 Å². The van der Waals surface area contributed by atoms with Gasteiger partial charge in [0, 0.05) is 0 Å². The van der Waals surface area contributed by atoms with Gasteiger partial charge in [-0.05, 0) is 45.9 Å². The van der Waals surface area contributed by atoms with Crippen LogP contribution >= 0.6 is 11.7 Å². The summed E-state index contributed by atoms with van der Waals surface area (Å²) in [4.78, 5) is 0. The Kier molecular flexibility index (Phi) is 2.60. The molecular formula is C16H22N2S. The number of aromatic nitrogens is 2. The Balaban J connectivity index is 2.19. The summed E-state index contributed by atoms with van der Waals surface area (Å²) < 4.78 is 8.78. The second kappa shape index (κ2) is 3.78. The van der Waals surface area contributed by atoms with Crippen molar-refractivity contribution in [1.82, 2.24) is 8.75 Å². The van der Waals surface area contributed by atoms with Gasteiger partial charge in [-0.2, -0.15) is 8.75 Å². The molecule has 102 valence electrons. The van der Waals surface area contributed by atoms with E-state index in [2.05, 4.69) is 62.4 Å². The Bertz CT molecular complexity index is 574. The minimum atomic E-state index is 0.294. The monoisotopic (exact) mass is 274 g/mol. The lowest BCUT2D eigenvalue weighted by Gasteiger charge is -2.52. The van der Waals surface area contributed by atoms with E-state index in [1.807, 2.05) is 0 Å². The molecule has 1 aromatic carbocycles. The minimum absolute atomic E-state index is 0.294. The molecule has 1 aliphatic carbocycles. The Morgan fingerprint density at radius 2 is 1.16 bits per heavy atom. The third-order valence-electron chi connectivity index (χ3n) is 4.33. The second-order valence-electron chi connectivity index (χ2n) is 7.92. The van der Waals surface area contributed by atoms with Crippen LogP contribution in [0.1, 0.15) is 64.5 Å². The Labute approximate surface area is 119 Å². The van der Waals surface area contributed by atoms with Crippen molar-refractivity contribution < 1.29 is 0 Å². The number of hydrogen-bond acceptors (Lipinski definition) is 3. The number of nitrogens with zero attached hydrogens (tertiary/aromatic N) is 2. The lowest BCUT2D eigenvalue weighted by molar-refractivity contribution is 0.155. The van der Waals surface area contributed by atoms with Crippen LogP contribution < -0.4 is 0 Å². The maximum absolute atomic E-state index is 4.39. The van der Waals surface area contributed by atoms with Crippen molar-refractivity contribution in [3.05, 3.63) is 23.3 Å². The molecule has 0 amide bonds. The summed E-state index contributed by atoms with van der Waals surface area (Å²) in [7, 11) is 0. The van der Waals surface area contributed by atoms with E-state index in [0.717, 1.165) is 11.0 Å². The van der Waals surface area contributed by atoms with Gasteiger partial charge in [-0.15, -0.1) is 0 Å². The van der Waals surface area contributed by atoms with Crippen LogP contribution in [0, 0.1) is 10.8 Å². The summed E-state index contributed by atoms with van der Waals surface area (Å²) >= 11 is 1.32. The fourth-order valence-corrected chi connectivity index (χ4v) is 4.11. The van der Waals surface area contributed by atoms with E-state index in [1.165, 1.54) is 22.9 Å². The van der Waals surface area contributed by atoms with Gasteiger partial charge in [0.15, 0.2) is 0 Å². The lowest BCUT2D eigenvalue weighted by Crippen LogP contribution is -2.40. The van der Waals surface area contributed by atoms with Gasteiger partial charge in [-0.3, -0.25) is 0 Å². The highest BCUT2D eigenvalue weighted by atomic mass is 32.1. The molecule has 0 aliphatic heterocycles. The van der Waals surface area contributed by atoms with Gasteiger partial charge in [0.1, 0.15) is 11.0 Å². The van der Waals surface area contributed by atoms with E-state index >= 15 is 0 Å². The SMILES string of the molecule is CC(C)(C)C1c2cc3nsnc3cc2C1C(C)(C)C. The number of hydrogen-bond donors (Lipinski definition) is 0. The van der Waals surface area contributed by atoms with Crippen LogP contribution in [-0.4, -0.2) is 8.75 Å². The smallest absolute Gasteiger partial charge is 0.105 e. The molecule has 0 N–H and O–H groups in total. The molecule has 1 heterocycles. The van der Waals surface area contributed by atoms with Crippen LogP contribution in [0.5, 0.6) is 0 Å². The van der Waals surface area contributed by atoms with Crippen LogP contribution in [0.25, 0.3) is 11.0 Å². The van der Waals surface area contributed by atoms with Gasteiger partial charge >= 0.3 is 0 Å². The topological polar surface area (TPSA) is 25.8 Å². The molecule has 0 saturated carbocycles. The number of benzene rings is 1. The first-order valence-corrected chi connectivity index (χ1v) is 7.69. The predicted octanol–water partition coefficient (Wildman–Crippen LogP) is 4.96. The van der Waals surface area contributed by atoms with Crippen molar-refractivity contribution in [1.29, 1.82) is 0 Å². The van der Waals surface area contributed by atoms with E-state index in [1.54, 1.807) is 0 Å². The zero-order valence-electron chi connectivity index (χ0n) is 12.6. The first kappa shape index (κ1) is 13.0. The van der Waals surface area contributed by atoms with Gasteiger partial charge in [0.2, 0.25) is 0 Å². The van der Waals surface area contributed by atoms with Crippen molar-refractivity contribution in [3.8, 4) is 0 Å². The fraction of sp³-hybridized carbons (Fsp3) is 0.625. The van der Waals surface area contributed by atoms with Crippen molar-refractivity contribution in [2.24, 2.45) is 10.8 Å². The van der Waals surface area contributed by atoms with E-state index in [0.29, 0.717) is 22.7 Å². The van der Waals surface area contributed by atoms with Crippen LogP contribution in [-0.2, 0) is 0 Å². The van der Waals surface area contributed by atoms with Crippen LogP contribution in [0.2, 0.25) is 0 Å². The van der Waals surface area contributed by atoms with Crippen LogP contribution in [0.4, 0.5) is 0 Å². The third-order valence-corrected chi connectivity index (χ3v) is 4.88. The van der Waals surface area contributed by atoms with Crippen LogP contribution in [0.15, 0.2) is 12.1 Å². The van der Waals surface area contributed by atoms with Crippen molar-refractivity contribution >= 4 is 22.8 Å². The van der Waals surface area contributed by atoms with Gasteiger partial charge in [-0.1, -0.05) is 41.5 Å². The minimum Gasteiger partial charge on any atom is -0.173 e. The molecule has 1 aromatic heterocycles. The molecule has 2 unspecified atom stereocenters. The Morgan fingerprint density at radius 1 is 0.789 bits per heavy atom. The average Bonchev–Trinajstić information content (AvgIpc) is 2.62. The summed E-state index contributed by atoms with van der Waals surface area (Å²) in [6.45, 7) is 14.1. The Hall–Kier alpha value is -0.960. The van der Waals surface area contributed by atoms with E-state index in [9.17, 15) is 0 Å². The highest BCUT2D eigenvalue weighted by molar-refractivity contribution is 7.00. The first-order valence-electron chi connectivity index (χ1n) is 6.96. The molecule has 0 fully saturated rings. The summed E-state index contributed by atoms with van der Waals surface area (Å²) in [5, 5.41) is 0. The summed E-state index contributed by atoms with van der Waals surface area (Å²) in [6.07, 6.45) is 0. The summed E-state index contributed by atoms with van der Waals surface area (Å²) in [6, 6.07) is 4.54. The van der Waals surface area contributed by atoms with Crippen molar-refractivity contribution in [2.45, 2.75) is 53.4 Å². The zero-order chi connectivity index (χ0) is 14.0. The van der Waals surface area contributed by atoms with Gasteiger partial charge in [0.25, 0.3) is 0 Å². The molecule has 19 heavy (non-hydrogen) atoms. The van der Waals surface area contributed by atoms with E-state index in [4.69, 9.17) is 0 Å². The summed E-state index contributed by atoms with van der Waals surface area (Å²) in [5.74, 6) is 1.24. The standard InChI is InChI=1S/C16H22N2S/c1-15(2,3)13-9-7-11-12(18-19-17-11)8-10(9)14(13)16(4,5)6/h7-8,13-14H,1-6H3. The van der Waals surface area contributed by atoms with Crippen molar-refractivity contribution in [2.75, 3.05) is 0 Å². The van der Waals surface area contributed by atoms with E-state index < -0.39 is 0 Å². The molecule has 0 saturated heterocycles. The molecule has 0 bridgehead atoms. The number of rotatable bonds is 0. The average molecular weight is 274 g/mol. The zero-order valence-corrected chi connectivity index (χ0v) is 13.4. The first-order chi connectivity index (χ1) is 8.69. The largest absolute Gasteiger partial charge is 0.173 e. The molecular weight excluding hydrogens is 252 g/mol. The maximum Gasteiger partial charge on any atom is 0.105 e. The third kappa shape index (κ3) is 1.90. The molecule has 0 radical (unpaired) electrons. The van der Waals surface area contributed by atoms with Gasteiger partial charge < -0.3 is 0 Å². The quantitative estimate of drug-likeness (QED) is 0.678. The van der Waals surface area contributed by atoms with Gasteiger partial charge in [-0.25, -0.2) is 0 Å². The van der Waals surface area contributed by atoms with Gasteiger partial charge in [0.05, 0.1) is 11.7 Å². The Morgan fingerprint density at radius 3 is 1.47 bits per heavy atom. The highest BCUT2D eigenvalue weighted by Gasteiger charge is 2.49. The highest BCUT2D eigenvalue weighted by Crippen LogP contribution is 2.62. The predicted molar refractivity (Wildman–Crippen MR) is 81.8 cm³/mol. The normalized spacial score (nSPS) is 23.3. The molecule has 3 rings (SSSR count). The fourth-order valence-electron chi connectivity index (χ4n) is 3.60. The second-order valence-corrected chi connectivity index (χ2v) is 8.45.